The lowest BCUT2D eigenvalue weighted by Crippen LogP contribution is -2.21. The molecule has 1 atom stereocenters. The van der Waals surface area contributed by atoms with Crippen molar-refractivity contribution in [2.24, 2.45) is 0 Å². The van der Waals surface area contributed by atoms with Gasteiger partial charge in [-0.15, -0.1) is 0 Å². The Bertz CT molecular complexity index is 306. The molecule has 0 bridgehead atoms. The maximum Gasteiger partial charge on any atom is 0.252 e. The van der Waals surface area contributed by atoms with Gasteiger partial charge < -0.3 is 14.6 Å². The molecule has 1 aromatic heterocycles. The smallest absolute Gasteiger partial charge is 0.252 e. The molecular formula is C11H19N3O2. The molecule has 16 heavy (non-hydrogen) atoms. The van der Waals surface area contributed by atoms with Crippen LogP contribution < -0.4 is 5.32 Å². The normalized spacial score (nSPS) is 21.9. The first kappa shape index (κ1) is 11.5. The summed E-state index contributed by atoms with van der Waals surface area (Å²) in [5, 5.41) is 7.45. The van der Waals surface area contributed by atoms with E-state index in [1.54, 1.807) is 0 Å². The molecule has 5 heteroatoms. The van der Waals surface area contributed by atoms with Crippen LogP contribution in [-0.2, 0) is 11.3 Å². The van der Waals surface area contributed by atoms with E-state index in [0.717, 1.165) is 18.8 Å². The molecule has 1 aliphatic heterocycles. The Hall–Kier alpha value is -0.940. The highest BCUT2D eigenvalue weighted by Crippen LogP contribution is 2.20. The molecule has 2 rings (SSSR count). The Kier molecular flexibility index (Phi) is 4.30. The van der Waals surface area contributed by atoms with Gasteiger partial charge in [-0.3, -0.25) is 0 Å². The summed E-state index contributed by atoms with van der Waals surface area (Å²) >= 11 is 0. The van der Waals surface area contributed by atoms with Gasteiger partial charge >= 0.3 is 0 Å². The fourth-order valence-electron chi connectivity index (χ4n) is 1.91. The largest absolute Gasteiger partial charge is 0.372 e. The molecule has 0 aromatic carbocycles. The quantitative estimate of drug-likeness (QED) is 0.846. The third kappa shape index (κ3) is 3.02. The highest BCUT2D eigenvalue weighted by atomic mass is 16.5. The van der Waals surface area contributed by atoms with Gasteiger partial charge in [-0.2, -0.15) is 4.98 Å². The summed E-state index contributed by atoms with van der Waals surface area (Å²) < 4.78 is 10.4. The number of rotatable bonds is 4. The minimum absolute atomic E-state index is 0.252. The van der Waals surface area contributed by atoms with Crippen molar-refractivity contribution in [3.05, 3.63) is 11.7 Å². The van der Waals surface area contributed by atoms with Gasteiger partial charge in [-0.05, 0) is 26.3 Å². The second-order valence-corrected chi connectivity index (χ2v) is 4.04. The van der Waals surface area contributed by atoms with Crippen LogP contribution in [0.1, 0.15) is 50.4 Å². The van der Waals surface area contributed by atoms with Crippen LogP contribution >= 0.6 is 0 Å². The molecule has 0 aliphatic carbocycles. The molecule has 90 valence electrons. The second-order valence-electron chi connectivity index (χ2n) is 4.04. The topological polar surface area (TPSA) is 60.2 Å². The van der Waals surface area contributed by atoms with E-state index < -0.39 is 0 Å². The Morgan fingerprint density at radius 1 is 1.44 bits per heavy atom. The lowest BCUT2D eigenvalue weighted by molar-refractivity contribution is 0.109. The fraction of sp³-hybridized carbons (Fsp3) is 0.818. The Morgan fingerprint density at radius 3 is 3.25 bits per heavy atom. The average molecular weight is 225 g/mol. The van der Waals surface area contributed by atoms with Crippen LogP contribution in [0.15, 0.2) is 4.52 Å². The second kappa shape index (κ2) is 5.96. The molecule has 0 amide bonds. The first-order valence-electron chi connectivity index (χ1n) is 6.03. The van der Waals surface area contributed by atoms with Crippen LogP contribution in [0.5, 0.6) is 0 Å². The molecule has 0 unspecified atom stereocenters. The Morgan fingerprint density at radius 2 is 2.38 bits per heavy atom. The molecule has 1 saturated heterocycles. The van der Waals surface area contributed by atoms with Gasteiger partial charge in [0.25, 0.3) is 5.89 Å². The van der Waals surface area contributed by atoms with E-state index in [-0.39, 0.29) is 6.04 Å². The van der Waals surface area contributed by atoms with E-state index in [9.17, 15) is 0 Å². The minimum Gasteiger partial charge on any atom is -0.372 e. The van der Waals surface area contributed by atoms with Crippen molar-refractivity contribution in [3.63, 3.8) is 0 Å². The van der Waals surface area contributed by atoms with Gasteiger partial charge in [-0.25, -0.2) is 0 Å². The minimum atomic E-state index is 0.252. The molecule has 1 fully saturated rings. The van der Waals surface area contributed by atoms with Crippen LogP contribution in [-0.4, -0.2) is 23.3 Å². The van der Waals surface area contributed by atoms with Crippen molar-refractivity contribution in [3.8, 4) is 0 Å². The summed E-state index contributed by atoms with van der Waals surface area (Å²) in [5.74, 6) is 1.35. The zero-order chi connectivity index (χ0) is 11.2. The predicted octanol–water partition coefficient (Wildman–Crippen LogP) is 1.81. The summed E-state index contributed by atoms with van der Waals surface area (Å²) in [6.45, 7) is 4.07. The summed E-state index contributed by atoms with van der Waals surface area (Å²) in [5.41, 5.74) is 0. The highest BCUT2D eigenvalue weighted by Gasteiger charge is 2.19. The SMILES string of the molecule is CCOCc1nc([C@@H]2CCCCCN2)no1. The van der Waals surface area contributed by atoms with E-state index in [1.807, 2.05) is 6.92 Å². The van der Waals surface area contributed by atoms with Crippen molar-refractivity contribution in [1.29, 1.82) is 0 Å². The number of aromatic nitrogens is 2. The van der Waals surface area contributed by atoms with Gasteiger partial charge in [-0.1, -0.05) is 18.0 Å². The Labute approximate surface area is 95.6 Å². The van der Waals surface area contributed by atoms with Gasteiger partial charge in [0.05, 0.1) is 6.04 Å². The monoisotopic (exact) mass is 225 g/mol. The summed E-state index contributed by atoms with van der Waals surface area (Å²) in [7, 11) is 0. The maximum absolute atomic E-state index is 5.23. The van der Waals surface area contributed by atoms with Crippen molar-refractivity contribution >= 4 is 0 Å². The third-order valence-electron chi connectivity index (χ3n) is 2.79. The van der Waals surface area contributed by atoms with Crippen LogP contribution in [0.25, 0.3) is 0 Å². The van der Waals surface area contributed by atoms with Crippen molar-refractivity contribution in [2.45, 2.75) is 45.3 Å². The van der Waals surface area contributed by atoms with Gasteiger partial charge in [0.2, 0.25) is 0 Å². The lowest BCUT2D eigenvalue weighted by Gasteiger charge is -2.09. The third-order valence-corrected chi connectivity index (χ3v) is 2.79. The van der Waals surface area contributed by atoms with Crippen LogP contribution in [0, 0.1) is 0 Å². The molecule has 0 spiro atoms. The molecular weight excluding hydrogens is 206 g/mol. The molecule has 2 heterocycles. The molecule has 1 aromatic rings. The van der Waals surface area contributed by atoms with E-state index >= 15 is 0 Å². The average Bonchev–Trinajstić information content (AvgIpc) is 2.60. The number of nitrogens with one attached hydrogen (secondary N) is 1. The standard InChI is InChI=1S/C11H19N3O2/c1-2-15-8-10-13-11(14-16-10)9-6-4-3-5-7-12-9/h9,12H,2-8H2,1H3/t9-/m0/s1. The summed E-state index contributed by atoms with van der Waals surface area (Å²) in [6.07, 6.45) is 4.84. The number of hydrogen-bond acceptors (Lipinski definition) is 5. The fourth-order valence-corrected chi connectivity index (χ4v) is 1.91. The molecule has 5 nitrogen and oxygen atoms in total. The molecule has 0 saturated carbocycles. The van der Waals surface area contributed by atoms with Gasteiger partial charge in [0.1, 0.15) is 6.61 Å². The van der Waals surface area contributed by atoms with E-state index in [2.05, 4.69) is 15.5 Å². The van der Waals surface area contributed by atoms with Crippen molar-refractivity contribution < 1.29 is 9.26 Å². The number of nitrogens with zero attached hydrogens (tertiary/aromatic N) is 2. The van der Waals surface area contributed by atoms with E-state index in [4.69, 9.17) is 9.26 Å². The molecule has 1 aliphatic rings. The highest BCUT2D eigenvalue weighted by molar-refractivity contribution is 4.94. The Balaban J connectivity index is 1.94. The summed E-state index contributed by atoms with van der Waals surface area (Å²) in [6, 6.07) is 0.252. The van der Waals surface area contributed by atoms with Crippen LogP contribution in [0.2, 0.25) is 0 Å². The van der Waals surface area contributed by atoms with Crippen molar-refractivity contribution in [1.82, 2.24) is 15.5 Å². The van der Waals surface area contributed by atoms with Crippen LogP contribution in [0.3, 0.4) is 0 Å². The maximum atomic E-state index is 5.23. The van der Waals surface area contributed by atoms with E-state index in [1.165, 1.54) is 19.3 Å². The lowest BCUT2D eigenvalue weighted by atomic mass is 10.1. The predicted molar refractivity (Wildman–Crippen MR) is 58.8 cm³/mol. The molecule has 0 radical (unpaired) electrons. The first-order valence-corrected chi connectivity index (χ1v) is 6.03. The van der Waals surface area contributed by atoms with Gasteiger partial charge in [0.15, 0.2) is 5.82 Å². The van der Waals surface area contributed by atoms with E-state index in [0.29, 0.717) is 19.1 Å². The number of hydrogen-bond donors (Lipinski definition) is 1. The zero-order valence-electron chi connectivity index (χ0n) is 9.74. The van der Waals surface area contributed by atoms with Crippen molar-refractivity contribution in [2.75, 3.05) is 13.2 Å². The number of ether oxygens (including phenoxy) is 1. The van der Waals surface area contributed by atoms with Crippen LogP contribution in [0.4, 0.5) is 0 Å². The van der Waals surface area contributed by atoms with Gasteiger partial charge in [0, 0.05) is 6.61 Å². The zero-order valence-corrected chi connectivity index (χ0v) is 9.74. The first-order chi connectivity index (χ1) is 7.90. The molecule has 1 N–H and O–H groups in total. The summed E-state index contributed by atoms with van der Waals surface area (Å²) in [4.78, 5) is 4.35.